The van der Waals surface area contributed by atoms with Crippen molar-refractivity contribution in [1.29, 1.82) is 0 Å². The monoisotopic (exact) mass is 405 g/mol. The van der Waals surface area contributed by atoms with Gasteiger partial charge in [0.1, 0.15) is 0 Å². The van der Waals surface area contributed by atoms with Crippen molar-refractivity contribution in [2.75, 3.05) is 5.32 Å². The van der Waals surface area contributed by atoms with Crippen molar-refractivity contribution in [1.82, 2.24) is 10.3 Å². The summed E-state index contributed by atoms with van der Waals surface area (Å²) in [5.74, 6) is -3.90. The molecule has 0 radical (unpaired) electrons. The number of nitrogens with one attached hydrogen (secondary N) is 2. The number of fused-ring (bicyclic) bond motifs is 1. The Morgan fingerprint density at radius 1 is 1.28 bits per heavy atom. The average Bonchev–Trinajstić information content (AvgIpc) is 3.19. The van der Waals surface area contributed by atoms with Gasteiger partial charge in [-0.3, -0.25) is 10.1 Å². The zero-order valence-corrected chi connectivity index (χ0v) is 15.7. The van der Waals surface area contributed by atoms with Gasteiger partial charge in [0.15, 0.2) is 18.8 Å². The summed E-state index contributed by atoms with van der Waals surface area (Å²) in [6.07, 6.45) is 2.59. The second-order valence-electron chi connectivity index (χ2n) is 7.58. The van der Waals surface area contributed by atoms with Crippen molar-refractivity contribution in [3.8, 4) is 0 Å². The Morgan fingerprint density at radius 2 is 1.97 bits per heavy atom. The molecule has 2 aromatic rings. The van der Waals surface area contributed by atoms with Crippen LogP contribution in [0.25, 0.3) is 0 Å². The maximum Gasteiger partial charge on any atom is 0.412 e. The SMILES string of the molecule is C[C@H](NC(=O)C1C[C@@H]2[C@H](C1)C2(F)F)c1ccc(NC(=O)OCc2cnco2)cc1. The first-order valence-electron chi connectivity index (χ1n) is 9.44. The van der Waals surface area contributed by atoms with Crippen LogP contribution in [0.5, 0.6) is 0 Å². The highest BCUT2D eigenvalue weighted by Crippen LogP contribution is 2.65. The smallest absolute Gasteiger partial charge is 0.412 e. The number of ether oxygens (including phenoxy) is 1. The van der Waals surface area contributed by atoms with Crippen molar-refractivity contribution in [2.45, 2.75) is 38.3 Å². The standard InChI is InChI=1S/C20H21F2N3O4/c1-11(24-18(26)13-6-16-17(7-13)20(16,21)22)12-2-4-14(5-3-12)25-19(27)28-9-15-8-23-10-29-15/h2-5,8,10-11,13,16-17H,6-7,9H2,1H3,(H,24,26)(H,25,27)/t11-,13?,16-,17+/m0/s1. The molecule has 29 heavy (non-hydrogen) atoms. The number of hydrogen-bond donors (Lipinski definition) is 2. The Kier molecular flexibility index (Phi) is 4.97. The number of oxazole rings is 1. The normalized spacial score (nSPS) is 25.0. The van der Waals surface area contributed by atoms with Crippen molar-refractivity contribution >= 4 is 17.7 Å². The molecule has 4 rings (SSSR count). The van der Waals surface area contributed by atoms with Crippen LogP contribution in [-0.4, -0.2) is 22.9 Å². The van der Waals surface area contributed by atoms with Gasteiger partial charge in [0, 0.05) is 23.4 Å². The number of carbonyl (C=O) groups excluding carboxylic acids is 2. The van der Waals surface area contributed by atoms with E-state index in [4.69, 9.17) is 9.15 Å². The van der Waals surface area contributed by atoms with Crippen LogP contribution in [0.2, 0.25) is 0 Å². The highest BCUT2D eigenvalue weighted by atomic mass is 19.3. The summed E-state index contributed by atoms with van der Waals surface area (Å²) in [5.41, 5.74) is 1.38. The summed E-state index contributed by atoms with van der Waals surface area (Å²) >= 11 is 0. The van der Waals surface area contributed by atoms with Gasteiger partial charge < -0.3 is 14.5 Å². The lowest BCUT2D eigenvalue weighted by Gasteiger charge is -2.19. The summed E-state index contributed by atoms with van der Waals surface area (Å²) in [5, 5.41) is 5.48. The van der Waals surface area contributed by atoms with E-state index in [0.717, 1.165) is 5.56 Å². The van der Waals surface area contributed by atoms with Crippen LogP contribution in [0.15, 0.2) is 41.3 Å². The van der Waals surface area contributed by atoms with E-state index in [1.54, 1.807) is 24.3 Å². The summed E-state index contributed by atoms with van der Waals surface area (Å²) in [7, 11) is 0. The third-order valence-corrected chi connectivity index (χ3v) is 5.66. The first-order valence-corrected chi connectivity index (χ1v) is 9.44. The molecule has 1 unspecified atom stereocenters. The van der Waals surface area contributed by atoms with Crippen LogP contribution in [0.3, 0.4) is 0 Å². The van der Waals surface area contributed by atoms with E-state index < -0.39 is 23.9 Å². The molecule has 0 spiro atoms. The molecule has 9 heteroatoms. The summed E-state index contributed by atoms with van der Waals surface area (Å²) < 4.78 is 36.5. The van der Waals surface area contributed by atoms with E-state index in [9.17, 15) is 18.4 Å². The van der Waals surface area contributed by atoms with Crippen LogP contribution in [0.1, 0.15) is 37.1 Å². The number of carbonyl (C=O) groups is 2. The van der Waals surface area contributed by atoms with Gasteiger partial charge in [-0.2, -0.15) is 0 Å². The average molecular weight is 405 g/mol. The Hall–Kier alpha value is -2.97. The zero-order valence-electron chi connectivity index (χ0n) is 15.7. The third-order valence-electron chi connectivity index (χ3n) is 5.66. The number of rotatable bonds is 6. The maximum absolute atomic E-state index is 13.3. The molecule has 7 nitrogen and oxygen atoms in total. The molecular formula is C20H21F2N3O4. The number of benzene rings is 1. The molecule has 0 aliphatic heterocycles. The Labute approximate surface area is 165 Å². The summed E-state index contributed by atoms with van der Waals surface area (Å²) in [6, 6.07) is 6.67. The van der Waals surface area contributed by atoms with E-state index in [0.29, 0.717) is 11.4 Å². The molecule has 1 heterocycles. The topological polar surface area (TPSA) is 93.5 Å². The first-order chi connectivity index (χ1) is 13.8. The number of aromatic nitrogens is 1. The van der Waals surface area contributed by atoms with E-state index in [2.05, 4.69) is 15.6 Å². The van der Waals surface area contributed by atoms with Crippen molar-refractivity contribution in [2.24, 2.45) is 17.8 Å². The van der Waals surface area contributed by atoms with Crippen molar-refractivity contribution in [3.05, 3.63) is 48.2 Å². The quantitative estimate of drug-likeness (QED) is 0.761. The zero-order chi connectivity index (χ0) is 20.6. The largest absolute Gasteiger partial charge is 0.445 e. The molecule has 2 aliphatic carbocycles. The number of anilines is 1. The van der Waals surface area contributed by atoms with Gasteiger partial charge in [0.2, 0.25) is 5.91 Å². The van der Waals surface area contributed by atoms with Crippen molar-refractivity contribution < 1.29 is 27.5 Å². The fourth-order valence-electron chi connectivity index (χ4n) is 3.90. The maximum atomic E-state index is 13.3. The van der Waals surface area contributed by atoms with Crippen LogP contribution in [0.4, 0.5) is 19.3 Å². The highest BCUT2D eigenvalue weighted by molar-refractivity contribution is 5.84. The molecule has 0 saturated heterocycles. The minimum atomic E-state index is -2.57. The lowest BCUT2D eigenvalue weighted by Crippen LogP contribution is -2.33. The molecule has 2 saturated carbocycles. The Balaban J connectivity index is 1.24. The summed E-state index contributed by atoms with van der Waals surface area (Å²) in [4.78, 5) is 27.9. The molecule has 2 aliphatic rings. The molecule has 2 amide bonds. The molecular weight excluding hydrogens is 384 g/mol. The van der Waals surface area contributed by atoms with E-state index in [1.807, 2.05) is 6.92 Å². The van der Waals surface area contributed by atoms with E-state index >= 15 is 0 Å². The predicted octanol–water partition coefficient (Wildman–Crippen LogP) is 3.89. The molecule has 2 N–H and O–H groups in total. The molecule has 2 fully saturated rings. The van der Waals surface area contributed by atoms with Gasteiger partial charge in [-0.25, -0.2) is 18.6 Å². The molecule has 1 aromatic heterocycles. The third kappa shape index (κ3) is 4.08. The highest BCUT2D eigenvalue weighted by Gasteiger charge is 2.72. The van der Waals surface area contributed by atoms with E-state index in [-0.39, 0.29) is 37.3 Å². The first kappa shape index (κ1) is 19.4. The Morgan fingerprint density at radius 3 is 2.59 bits per heavy atom. The van der Waals surface area contributed by atoms with Crippen molar-refractivity contribution in [3.63, 3.8) is 0 Å². The van der Waals surface area contributed by atoms with Crippen LogP contribution >= 0.6 is 0 Å². The number of amides is 2. The van der Waals surface area contributed by atoms with Crippen LogP contribution < -0.4 is 10.6 Å². The van der Waals surface area contributed by atoms with Crippen LogP contribution in [-0.2, 0) is 16.1 Å². The number of halogens is 2. The molecule has 4 atom stereocenters. The number of hydrogen-bond acceptors (Lipinski definition) is 5. The lowest BCUT2D eigenvalue weighted by atomic mass is 10.0. The van der Waals surface area contributed by atoms with Gasteiger partial charge in [0.05, 0.1) is 12.2 Å². The van der Waals surface area contributed by atoms with Gasteiger partial charge in [-0.05, 0) is 37.5 Å². The number of alkyl halides is 2. The summed E-state index contributed by atoms with van der Waals surface area (Å²) in [6.45, 7) is 1.80. The fraction of sp³-hybridized carbons (Fsp3) is 0.450. The second-order valence-corrected chi connectivity index (χ2v) is 7.58. The Bertz CT molecular complexity index is 872. The minimum absolute atomic E-state index is 0.0260. The van der Waals surface area contributed by atoms with Gasteiger partial charge in [-0.15, -0.1) is 0 Å². The second kappa shape index (κ2) is 7.46. The van der Waals surface area contributed by atoms with E-state index in [1.165, 1.54) is 12.6 Å². The van der Waals surface area contributed by atoms with Gasteiger partial charge in [0.25, 0.3) is 5.92 Å². The fourth-order valence-corrected chi connectivity index (χ4v) is 3.90. The predicted molar refractivity (Wildman–Crippen MR) is 98.0 cm³/mol. The lowest BCUT2D eigenvalue weighted by molar-refractivity contribution is -0.126. The van der Waals surface area contributed by atoms with Crippen LogP contribution in [0, 0.1) is 17.8 Å². The number of nitrogens with zero attached hydrogens (tertiary/aromatic N) is 1. The molecule has 0 bridgehead atoms. The minimum Gasteiger partial charge on any atom is -0.445 e. The molecule has 1 aromatic carbocycles. The van der Waals surface area contributed by atoms with Gasteiger partial charge >= 0.3 is 6.09 Å². The molecule has 154 valence electrons. The van der Waals surface area contributed by atoms with Gasteiger partial charge in [-0.1, -0.05) is 12.1 Å².